The van der Waals surface area contributed by atoms with Gasteiger partial charge in [0.25, 0.3) is 0 Å². The van der Waals surface area contributed by atoms with Crippen LogP contribution in [0, 0.1) is 5.92 Å². The maximum absolute atomic E-state index is 11.9. The standard InChI is InChI=1S/C17H28N2O3.ClH/c1-4-5-9-21-16-7-6-14(11-15(16)18)17(20)22-10-8-19-12-13(2)3;/h6-7,11,13,19H,4-5,8-10,12,18H2,1-3H3;1H. The second-order valence-electron chi connectivity index (χ2n) is 5.69. The third-order valence-corrected chi connectivity index (χ3v) is 3.07. The number of ether oxygens (including phenoxy) is 2. The van der Waals surface area contributed by atoms with E-state index in [0.29, 0.717) is 42.7 Å². The van der Waals surface area contributed by atoms with Gasteiger partial charge >= 0.3 is 5.97 Å². The van der Waals surface area contributed by atoms with Gasteiger partial charge in [-0.1, -0.05) is 27.2 Å². The fourth-order valence-corrected chi connectivity index (χ4v) is 1.82. The lowest BCUT2D eigenvalue weighted by atomic mass is 10.2. The molecular formula is C17H29ClN2O3. The zero-order valence-corrected chi connectivity index (χ0v) is 15.1. The van der Waals surface area contributed by atoms with Gasteiger partial charge in [0.2, 0.25) is 0 Å². The van der Waals surface area contributed by atoms with E-state index >= 15 is 0 Å². The zero-order chi connectivity index (χ0) is 16.4. The van der Waals surface area contributed by atoms with Gasteiger partial charge in [-0.25, -0.2) is 4.79 Å². The minimum Gasteiger partial charge on any atom is -0.491 e. The highest BCUT2D eigenvalue weighted by molar-refractivity contribution is 5.91. The summed E-state index contributed by atoms with van der Waals surface area (Å²) in [6, 6.07) is 5.01. The van der Waals surface area contributed by atoms with Crippen LogP contribution >= 0.6 is 12.4 Å². The molecule has 0 bridgehead atoms. The van der Waals surface area contributed by atoms with E-state index in [1.54, 1.807) is 18.2 Å². The molecule has 5 nitrogen and oxygen atoms in total. The van der Waals surface area contributed by atoms with Gasteiger partial charge in [-0.2, -0.15) is 0 Å². The average Bonchev–Trinajstić information content (AvgIpc) is 2.48. The van der Waals surface area contributed by atoms with Crippen LogP contribution < -0.4 is 15.8 Å². The number of unbranched alkanes of at least 4 members (excludes halogenated alkanes) is 1. The second kappa shape index (κ2) is 12.0. The molecule has 0 radical (unpaired) electrons. The van der Waals surface area contributed by atoms with Crippen LogP contribution in [0.3, 0.4) is 0 Å². The van der Waals surface area contributed by atoms with Crippen molar-refractivity contribution in [1.29, 1.82) is 0 Å². The molecule has 0 saturated carbocycles. The van der Waals surface area contributed by atoms with Crippen molar-refractivity contribution in [1.82, 2.24) is 5.32 Å². The molecule has 0 fully saturated rings. The molecule has 0 atom stereocenters. The van der Waals surface area contributed by atoms with Gasteiger partial charge in [-0.15, -0.1) is 12.4 Å². The Bertz CT molecular complexity index is 467. The molecule has 0 aliphatic rings. The van der Waals surface area contributed by atoms with Crippen molar-refractivity contribution in [3.05, 3.63) is 23.8 Å². The largest absolute Gasteiger partial charge is 0.491 e. The predicted octanol–water partition coefficient (Wildman–Crippen LogP) is 3.27. The van der Waals surface area contributed by atoms with E-state index in [1.165, 1.54) is 0 Å². The summed E-state index contributed by atoms with van der Waals surface area (Å²) < 4.78 is 10.8. The van der Waals surface area contributed by atoms with Crippen molar-refractivity contribution in [2.75, 3.05) is 32.0 Å². The molecule has 0 aromatic heterocycles. The smallest absolute Gasteiger partial charge is 0.338 e. The Balaban J connectivity index is 0.00000484. The first-order valence-electron chi connectivity index (χ1n) is 7.94. The van der Waals surface area contributed by atoms with Crippen molar-refractivity contribution in [3.8, 4) is 5.75 Å². The number of nitrogens with one attached hydrogen (secondary N) is 1. The lowest BCUT2D eigenvalue weighted by Gasteiger charge is -2.11. The number of esters is 1. The summed E-state index contributed by atoms with van der Waals surface area (Å²) in [6.45, 7) is 8.90. The van der Waals surface area contributed by atoms with Crippen LogP contribution in [0.5, 0.6) is 5.75 Å². The molecule has 0 heterocycles. The lowest BCUT2D eigenvalue weighted by molar-refractivity contribution is 0.0508. The van der Waals surface area contributed by atoms with E-state index < -0.39 is 0 Å². The minimum atomic E-state index is -0.363. The van der Waals surface area contributed by atoms with E-state index in [1.807, 2.05) is 0 Å². The summed E-state index contributed by atoms with van der Waals surface area (Å²) in [6.07, 6.45) is 2.04. The first-order valence-corrected chi connectivity index (χ1v) is 7.94. The van der Waals surface area contributed by atoms with E-state index in [0.717, 1.165) is 19.4 Å². The number of carbonyl (C=O) groups is 1. The number of carbonyl (C=O) groups excluding carboxylic acids is 1. The molecule has 0 saturated heterocycles. The SMILES string of the molecule is CCCCOc1ccc(C(=O)OCCNCC(C)C)cc1N.Cl. The third kappa shape index (κ3) is 8.67. The molecule has 6 heteroatoms. The number of hydrogen-bond acceptors (Lipinski definition) is 5. The third-order valence-electron chi connectivity index (χ3n) is 3.07. The molecule has 0 unspecified atom stereocenters. The van der Waals surface area contributed by atoms with Crippen LogP contribution in [0.15, 0.2) is 18.2 Å². The molecule has 0 aliphatic carbocycles. The molecule has 0 aliphatic heterocycles. The van der Waals surface area contributed by atoms with Crippen LogP contribution in [0.25, 0.3) is 0 Å². The van der Waals surface area contributed by atoms with Crippen molar-refractivity contribution in [2.45, 2.75) is 33.6 Å². The Labute approximate surface area is 145 Å². The van der Waals surface area contributed by atoms with E-state index in [9.17, 15) is 4.79 Å². The molecule has 1 aromatic carbocycles. The van der Waals surface area contributed by atoms with Crippen molar-refractivity contribution in [2.24, 2.45) is 5.92 Å². The van der Waals surface area contributed by atoms with Crippen LogP contribution in [0.2, 0.25) is 0 Å². The van der Waals surface area contributed by atoms with Gasteiger partial charge in [0.1, 0.15) is 12.4 Å². The number of nitrogens with two attached hydrogens (primary N) is 1. The van der Waals surface area contributed by atoms with Crippen molar-refractivity contribution < 1.29 is 14.3 Å². The Kier molecular flexibility index (Phi) is 11.3. The average molecular weight is 345 g/mol. The number of nitrogen functional groups attached to an aromatic ring is 1. The van der Waals surface area contributed by atoms with E-state index in [2.05, 4.69) is 26.1 Å². The first-order chi connectivity index (χ1) is 10.5. The van der Waals surface area contributed by atoms with Crippen LogP contribution in [-0.2, 0) is 4.74 Å². The fourth-order valence-electron chi connectivity index (χ4n) is 1.82. The van der Waals surface area contributed by atoms with Crippen LogP contribution in [0.4, 0.5) is 5.69 Å². The number of rotatable bonds is 10. The summed E-state index contributed by atoms with van der Waals surface area (Å²) in [5.74, 6) is 0.831. The number of anilines is 1. The Morgan fingerprint density at radius 2 is 2.04 bits per heavy atom. The second-order valence-corrected chi connectivity index (χ2v) is 5.69. The van der Waals surface area contributed by atoms with Crippen LogP contribution in [-0.4, -0.2) is 32.3 Å². The fraction of sp³-hybridized carbons (Fsp3) is 0.588. The summed E-state index contributed by atoms with van der Waals surface area (Å²) in [5.41, 5.74) is 6.82. The molecule has 132 valence electrons. The maximum Gasteiger partial charge on any atom is 0.338 e. The highest BCUT2D eigenvalue weighted by Gasteiger charge is 2.10. The van der Waals surface area contributed by atoms with Gasteiger partial charge in [-0.05, 0) is 37.1 Å². The van der Waals surface area contributed by atoms with Crippen LogP contribution in [0.1, 0.15) is 44.0 Å². The normalized spacial score (nSPS) is 10.3. The summed E-state index contributed by atoms with van der Waals surface area (Å²) in [4.78, 5) is 11.9. The number of benzene rings is 1. The highest BCUT2D eigenvalue weighted by atomic mass is 35.5. The van der Waals surface area contributed by atoms with Gasteiger partial charge in [0, 0.05) is 6.54 Å². The summed E-state index contributed by atoms with van der Waals surface area (Å²) >= 11 is 0. The van der Waals surface area contributed by atoms with Gasteiger partial charge in [0.05, 0.1) is 17.9 Å². The maximum atomic E-state index is 11.9. The quantitative estimate of drug-likeness (QED) is 0.387. The molecule has 1 rings (SSSR count). The van der Waals surface area contributed by atoms with Gasteiger partial charge in [-0.3, -0.25) is 0 Å². The highest BCUT2D eigenvalue weighted by Crippen LogP contribution is 2.23. The topological polar surface area (TPSA) is 73.6 Å². The van der Waals surface area contributed by atoms with Gasteiger partial charge in [0.15, 0.2) is 0 Å². The monoisotopic (exact) mass is 344 g/mol. The van der Waals surface area contributed by atoms with E-state index in [4.69, 9.17) is 15.2 Å². The predicted molar refractivity (Wildman–Crippen MR) is 96.5 cm³/mol. The Hall–Kier alpha value is -1.46. The summed E-state index contributed by atoms with van der Waals surface area (Å²) in [7, 11) is 0. The molecule has 0 spiro atoms. The Morgan fingerprint density at radius 1 is 1.30 bits per heavy atom. The molecule has 3 N–H and O–H groups in total. The summed E-state index contributed by atoms with van der Waals surface area (Å²) in [5, 5.41) is 3.22. The van der Waals surface area contributed by atoms with E-state index in [-0.39, 0.29) is 18.4 Å². The zero-order valence-electron chi connectivity index (χ0n) is 14.3. The van der Waals surface area contributed by atoms with Crippen molar-refractivity contribution in [3.63, 3.8) is 0 Å². The minimum absolute atomic E-state index is 0. The Morgan fingerprint density at radius 3 is 2.65 bits per heavy atom. The van der Waals surface area contributed by atoms with Crippen molar-refractivity contribution >= 4 is 24.1 Å². The number of hydrogen-bond donors (Lipinski definition) is 2. The molecule has 0 amide bonds. The lowest BCUT2D eigenvalue weighted by Crippen LogP contribution is -2.25. The number of halogens is 1. The van der Waals surface area contributed by atoms with Gasteiger partial charge < -0.3 is 20.5 Å². The molecule has 1 aromatic rings. The molecular weight excluding hydrogens is 316 g/mol. The molecule has 23 heavy (non-hydrogen) atoms. The first kappa shape index (κ1) is 21.5.